The zero-order chi connectivity index (χ0) is 21.7. The van der Waals surface area contributed by atoms with Crippen LogP contribution in [0.3, 0.4) is 0 Å². The highest BCUT2D eigenvalue weighted by molar-refractivity contribution is 5.89. The number of ether oxygens (including phenoxy) is 1. The minimum absolute atomic E-state index is 0.160. The van der Waals surface area contributed by atoms with Gasteiger partial charge >= 0.3 is 5.97 Å². The highest BCUT2D eigenvalue weighted by Gasteiger charge is 2.43. The highest BCUT2D eigenvalue weighted by atomic mass is 16.5. The van der Waals surface area contributed by atoms with Gasteiger partial charge in [0.15, 0.2) is 0 Å². The van der Waals surface area contributed by atoms with E-state index in [1.165, 1.54) is 18.2 Å². The van der Waals surface area contributed by atoms with Gasteiger partial charge < -0.3 is 14.9 Å². The van der Waals surface area contributed by atoms with E-state index >= 15 is 0 Å². The molecule has 1 aromatic rings. The zero-order valence-corrected chi connectivity index (χ0v) is 18.5. The lowest BCUT2D eigenvalue weighted by molar-refractivity contribution is 0.0512. The first-order valence-electron chi connectivity index (χ1n) is 11.3. The summed E-state index contributed by atoms with van der Waals surface area (Å²) >= 11 is 0. The molecule has 1 aromatic carbocycles. The fourth-order valence-electron chi connectivity index (χ4n) is 5.01. The summed E-state index contributed by atoms with van der Waals surface area (Å²) in [5.41, 5.74) is 2.51. The maximum absolute atomic E-state index is 11.6. The van der Waals surface area contributed by atoms with Gasteiger partial charge in [-0.25, -0.2) is 4.79 Å². The van der Waals surface area contributed by atoms with Gasteiger partial charge in [0.25, 0.3) is 0 Å². The second-order valence-corrected chi connectivity index (χ2v) is 9.34. The molecule has 0 spiro atoms. The third kappa shape index (κ3) is 5.61. The molecule has 0 radical (unpaired) electrons. The number of carbonyl (C=O) groups is 1. The Labute approximate surface area is 180 Å². The van der Waals surface area contributed by atoms with Gasteiger partial charge in [0.1, 0.15) is 0 Å². The first-order chi connectivity index (χ1) is 14.3. The second-order valence-electron chi connectivity index (χ2n) is 9.34. The van der Waals surface area contributed by atoms with Crippen LogP contribution in [0, 0.1) is 17.8 Å². The molecule has 5 atom stereocenters. The van der Waals surface area contributed by atoms with E-state index in [1.54, 1.807) is 0 Å². The molecule has 30 heavy (non-hydrogen) atoms. The summed E-state index contributed by atoms with van der Waals surface area (Å²) in [5.74, 6) is 0.724. The molecule has 0 unspecified atom stereocenters. The van der Waals surface area contributed by atoms with Crippen molar-refractivity contribution < 1.29 is 19.7 Å². The summed E-state index contributed by atoms with van der Waals surface area (Å²) in [6.45, 7) is 4.04. The van der Waals surface area contributed by atoms with Crippen molar-refractivity contribution >= 4 is 5.97 Å². The van der Waals surface area contributed by atoms with Crippen LogP contribution in [0.2, 0.25) is 0 Å². The van der Waals surface area contributed by atoms with E-state index in [1.807, 2.05) is 31.2 Å². The molecule has 0 bridgehead atoms. The first kappa shape index (κ1) is 22.8. The maximum atomic E-state index is 11.6. The summed E-state index contributed by atoms with van der Waals surface area (Å²) in [6, 6.07) is 7.62. The number of carbonyl (C=O) groups excluding carboxylic acids is 1. The van der Waals surface area contributed by atoms with Gasteiger partial charge in [0.05, 0.1) is 24.4 Å². The molecule has 4 heteroatoms. The summed E-state index contributed by atoms with van der Waals surface area (Å²) in [6.07, 6.45) is 12.6. The van der Waals surface area contributed by atoms with Crippen molar-refractivity contribution in [3.05, 3.63) is 59.2 Å². The van der Waals surface area contributed by atoms with Crippen molar-refractivity contribution in [1.29, 1.82) is 0 Å². The first-order valence-corrected chi connectivity index (χ1v) is 11.3. The molecule has 0 amide bonds. The minimum atomic E-state index is -0.662. The number of hydrogen-bond acceptors (Lipinski definition) is 4. The molecule has 0 aliphatic heterocycles. The van der Waals surface area contributed by atoms with Gasteiger partial charge in [-0.15, -0.1) is 0 Å². The molecule has 1 saturated carbocycles. The van der Waals surface area contributed by atoms with E-state index in [2.05, 4.69) is 25.2 Å². The predicted octanol–water partition coefficient (Wildman–Crippen LogP) is 4.85. The minimum Gasteiger partial charge on any atom is -0.465 e. The Morgan fingerprint density at radius 2 is 2.03 bits per heavy atom. The number of aliphatic hydroxyl groups is 2. The predicted molar refractivity (Wildman–Crippen MR) is 119 cm³/mol. The Kier molecular flexibility index (Phi) is 7.54. The van der Waals surface area contributed by atoms with Crippen LogP contribution in [0.1, 0.15) is 68.3 Å². The molecule has 0 aromatic heterocycles. The van der Waals surface area contributed by atoms with Gasteiger partial charge in [-0.2, -0.15) is 0 Å². The van der Waals surface area contributed by atoms with Crippen LogP contribution in [-0.4, -0.2) is 35.0 Å². The van der Waals surface area contributed by atoms with E-state index in [-0.39, 0.29) is 18.0 Å². The number of methoxy groups -OCH3 is 1. The molecule has 164 valence electrons. The van der Waals surface area contributed by atoms with Gasteiger partial charge in [0, 0.05) is 5.92 Å². The average molecular weight is 413 g/mol. The van der Waals surface area contributed by atoms with Crippen LogP contribution in [0.5, 0.6) is 0 Å². The topological polar surface area (TPSA) is 66.8 Å². The fraction of sp³-hybridized carbons (Fsp3) is 0.577. The third-order valence-corrected chi connectivity index (χ3v) is 6.74. The molecule has 0 saturated heterocycles. The monoisotopic (exact) mass is 412 g/mol. The smallest absolute Gasteiger partial charge is 0.337 e. The van der Waals surface area contributed by atoms with Crippen molar-refractivity contribution in [2.24, 2.45) is 17.8 Å². The molecule has 4 nitrogen and oxygen atoms in total. The van der Waals surface area contributed by atoms with Crippen molar-refractivity contribution in [3.63, 3.8) is 0 Å². The van der Waals surface area contributed by atoms with Crippen molar-refractivity contribution in [3.8, 4) is 0 Å². The van der Waals surface area contributed by atoms with E-state index in [4.69, 9.17) is 4.74 Å². The van der Waals surface area contributed by atoms with Crippen LogP contribution in [0.15, 0.2) is 48.1 Å². The van der Waals surface area contributed by atoms with Crippen LogP contribution in [-0.2, 0) is 11.2 Å². The van der Waals surface area contributed by atoms with Crippen molar-refractivity contribution in [2.75, 3.05) is 7.11 Å². The highest BCUT2D eigenvalue weighted by Crippen LogP contribution is 2.48. The number of allylic oxidation sites excluding steroid dienone is 2. The van der Waals surface area contributed by atoms with Gasteiger partial charge in [-0.05, 0) is 68.6 Å². The maximum Gasteiger partial charge on any atom is 0.337 e. The van der Waals surface area contributed by atoms with Crippen LogP contribution in [0.4, 0.5) is 0 Å². The Morgan fingerprint density at radius 3 is 2.70 bits per heavy atom. The van der Waals surface area contributed by atoms with E-state index in [0.717, 1.165) is 38.5 Å². The molecular weight excluding hydrogens is 376 g/mol. The molecule has 1 fully saturated rings. The molecule has 2 aliphatic rings. The number of hydrogen-bond donors (Lipinski definition) is 2. The van der Waals surface area contributed by atoms with Crippen LogP contribution in [0.25, 0.3) is 0 Å². The van der Waals surface area contributed by atoms with Crippen molar-refractivity contribution in [2.45, 2.75) is 70.5 Å². The van der Waals surface area contributed by atoms with Gasteiger partial charge in [-0.3, -0.25) is 0 Å². The van der Waals surface area contributed by atoms with Crippen LogP contribution >= 0.6 is 0 Å². The van der Waals surface area contributed by atoms with E-state index in [9.17, 15) is 15.0 Å². The SMILES string of the molecule is CCCC[C@](C)(O)C/C=C/[C@H]1[C@H]2CC(Cc3ccc(C(=O)OC)cc3)=C[C@H]2C[C@H]1O. The molecule has 0 heterocycles. The molecule has 2 N–H and O–H groups in total. The summed E-state index contributed by atoms with van der Waals surface area (Å²) in [4.78, 5) is 11.6. The average Bonchev–Trinajstić information content (AvgIpc) is 3.23. The normalized spacial score (nSPS) is 27.7. The quantitative estimate of drug-likeness (QED) is 0.450. The number of unbranched alkanes of at least 4 members (excludes halogenated alkanes) is 1. The largest absolute Gasteiger partial charge is 0.465 e. The summed E-state index contributed by atoms with van der Waals surface area (Å²) < 4.78 is 4.76. The number of esters is 1. The van der Waals surface area contributed by atoms with Gasteiger partial charge in [0.2, 0.25) is 0 Å². The standard InChI is InChI=1S/C26H36O4/c1-4-5-12-26(2,29)13-6-7-22-23-16-19(15-21(23)17-24(22)27)14-18-8-10-20(11-9-18)25(28)30-3/h6-11,15,21-24,27,29H,4-5,12-14,16-17H2,1-3H3/b7-6+/t21-,22-,23-,24+,26-/m0/s1. The lowest BCUT2D eigenvalue weighted by atomic mass is 9.87. The molecule has 3 rings (SSSR count). The third-order valence-electron chi connectivity index (χ3n) is 6.74. The number of benzene rings is 1. The van der Waals surface area contributed by atoms with Gasteiger partial charge in [-0.1, -0.05) is 55.7 Å². The zero-order valence-electron chi connectivity index (χ0n) is 18.5. The number of fused-ring (bicyclic) bond motifs is 1. The number of aliphatic hydroxyl groups excluding tert-OH is 1. The Morgan fingerprint density at radius 1 is 1.30 bits per heavy atom. The molecule has 2 aliphatic carbocycles. The summed E-state index contributed by atoms with van der Waals surface area (Å²) in [5, 5.41) is 21.1. The number of rotatable bonds is 9. The summed E-state index contributed by atoms with van der Waals surface area (Å²) in [7, 11) is 1.39. The van der Waals surface area contributed by atoms with E-state index in [0.29, 0.717) is 23.8 Å². The lowest BCUT2D eigenvalue weighted by Crippen LogP contribution is -2.23. The Hall–Kier alpha value is -1.91. The fourth-order valence-corrected chi connectivity index (χ4v) is 5.01. The Bertz CT molecular complexity index is 775. The van der Waals surface area contributed by atoms with Crippen molar-refractivity contribution in [1.82, 2.24) is 0 Å². The lowest BCUT2D eigenvalue weighted by Gasteiger charge is -2.22. The second kappa shape index (κ2) is 9.93. The molecular formula is C26H36O4. The van der Waals surface area contributed by atoms with Crippen LogP contribution < -0.4 is 0 Å². The Balaban J connectivity index is 1.57. The van der Waals surface area contributed by atoms with E-state index < -0.39 is 5.60 Å².